The fraction of sp³-hybridized carbons (Fsp3) is 0.333. The molecule has 9 nitrogen and oxygen atoms in total. The molecule has 0 unspecified atom stereocenters. The van der Waals surface area contributed by atoms with Gasteiger partial charge < -0.3 is 19.1 Å². The molecular weight excluding hydrogens is 388 g/mol. The van der Waals surface area contributed by atoms with Crippen LogP contribution in [0.4, 0.5) is 0 Å². The van der Waals surface area contributed by atoms with E-state index in [0.717, 1.165) is 5.56 Å². The van der Waals surface area contributed by atoms with Gasteiger partial charge in [-0.05, 0) is 36.3 Å². The van der Waals surface area contributed by atoms with E-state index in [0.29, 0.717) is 49.1 Å². The topological polar surface area (TPSA) is 118 Å². The smallest absolute Gasteiger partial charge is 0.282 e. The van der Waals surface area contributed by atoms with Crippen LogP contribution in [0.1, 0.15) is 22.4 Å². The van der Waals surface area contributed by atoms with Crippen molar-refractivity contribution in [3.05, 3.63) is 50.9 Å². The second-order valence-corrected chi connectivity index (χ2v) is 6.58. The van der Waals surface area contributed by atoms with E-state index < -0.39 is 5.56 Å². The van der Waals surface area contributed by atoms with Gasteiger partial charge in [0.2, 0.25) is 0 Å². The van der Waals surface area contributed by atoms with E-state index in [9.17, 15) is 9.59 Å². The van der Waals surface area contributed by atoms with E-state index in [-0.39, 0.29) is 18.1 Å². The summed E-state index contributed by atoms with van der Waals surface area (Å²) in [5, 5.41) is 15.4. The maximum Gasteiger partial charge on any atom is 0.282 e. The van der Waals surface area contributed by atoms with Crippen LogP contribution in [0.15, 0.2) is 23.0 Å². The summed E-state index contributed by atoms with van der Waals surface area (Å²) in [5.74, 6) is 0.842. The standard InChI is InChI=1S/C21H22N4O5/c1-14-16(12-22)21(27)24-23-17(14)5-3-15-4-6-18(19(11-15)28-2)30-13-20(26)25-7-9-29-10-8-25/h3-6,11H,7-10,13H2,1-2H3,(H,24,27)/b5-3+. The van der Waals surface area contributed by atoms with E-state index in [4.69, 9.17) is 19.5 Å². The highest BCUT2D eigenvalue weighted by Crippen LogP contribution is 2.29. The van der Waals surface area contributed by atoms with Gasteiger partial charge in [-0.2, -0.15) is 10.4 Å². The van der Waals surface area contributed by atoms with Crippen LogP contribution in [-0.4, -0.2) is 61.0 Å². The summed E-state index contributed by atoms with van der Waals surface area (Å²) in [6.45, 7) is 3.79. The first-order chi connectivity index (χ1) is 14.5. The average molecular weight is 410 g/mol. The predicted octanol–water partition coefficient (Wildman–Crippen LogP) is 1.37. The molecule has 1 aromatic carbocycles. The molecule has 0 saturated carbocycles. The van der Waals surface area contributed by atoms with Crippen molar-refractivity contribution in [3.8, 4) is 17.6 Å². The van der Waals surface area contributed by atoms with Gasteiger partial charge >= 0.3 is 0 Å². The molecule has 0 spiro atoms. The molecule has 0 aliphatic carbocycles. The number of nitriles is 1. The van der Waals surface area contributed by atoms with Gasteiger partial charge in [0.15, 0.2) is 18.1 Å². The normalized spacial score (nSPS) is 13.8. The lowest BCUT2D eigenvalue weighted by Crippen LogP contribution is -2.43. The lowest BCUT2D eigenvalue weighted by atomic mass is 10.1. The Labute approximate surface area is 173 Å². The van der Waals surface area contributed by atoms with Crippen LogP contribution >= 0.6 is 0 Å². The number of nitrogens with one attached hydrogen (secondary N) is 1. The summed E-state index contributed by atoms with van der Waals surface area (Å²) < 4.78 is 16.3. The van der Waals surface area contributed by atoms with Crippen molar-refractivity contribution in [3.63, 3.8) is 0 Å². The van der Waals surface area contributed by atoms with Crippen LogP contribution in [0.2, 0.25) is 0 Å². The molecule has 1 aromatic heterocycles. The molecule has 1 aliphatic rings. The number of aromatic nitrogens is 2. The van der Waals surface area contributed by atoms with E-state index in [1.807, 2.05) is 6.07 Å². The second kappa shape index (κ2) is 9.71. The Bertz CT molecular complexity index is 1050. The number of hydrogen-bond acceptors (Lipinski definition) is 7. The molecule has 1 N–H and O–H groups in total. The Morgan fingerprint density at radius 2 is 2.10 bits per heavy atom. The Morgan fingerprint density at radius 1 is 1.33 bits per heavy atom. The summed E-state index contributed by atoms with van der Waals surface area (Å²) in [7, 11) is 1.52. The molecule has 2 aromatic rings. The molecule has 1 aliphatic heterocycles. The zero-order chi connectivity index (χ0) is 21.5. The number of benzene rings is 1. The van der Waals surface area contributed by atoms with Gasteiger partial charge in [-0.3, -0.25) is 9.59 Å². The lowest BCUT2D eigenvalue weighted by Gasteiger charge is -2.26. The van der Waals surface area contributed by atoms with Crippen LogP contribution in [0.25, 0.3) is 12.2 Å². The zero-order valence-electron chi connectivity index (χ0n) is 16.8. The van der Waals surface area contributed by atoms with Gasteiger partial charge in [-0.1, -0.05) is 12.1 Å². The zero-order valence-corrected chi connectivity index (χ0v) is 16.8. The van der Waals surface area contributed by atoms with Gasteiger partial charge in [0, 0.05) is 13.1 Å². The third-order valence-corrected chi connectivity index (χ3v) is 4.71. The highest BCUT2D eigenvalue weighted by atomic mass is 16.5. The van der Waals surface area contributed by atoms with Gasteiger partial charge in [0.25, 0.3) is 11.5 Å². The van der Waals surface area contributed by atoms with Gasteiger partial charge in [0.1, 0.15) is 11.6 Å². The third kappa shape index (κ3) is 4.85. The quantitative estimate of drug-likeness (QED) is 0.764. The summed E-state index contributed by atoms with van der Waals surface area (Å²) in [4.78, 5) is 25.6. The molecule has 9 heteroatoms. The molecule has 0 bridgehead atoms. The Hall–Kier alpha value is -3.64. The number of morpholine rings is 1. The van der Waals surface area contributed by atoms with E-state index >= 15 is 0 Å². The largest absolute Gasteiger partial charge is 0.493 e. The van der Waals surface area contributed by atoms with Crippen molar-refractivity contribution in [2.75, 3.05) is 40.0 Å². The van der Waals surface area contributed by atoms with Crippen molar-refractivity contribution < 1.29 is 19.0 Å². The van der Waals surface area contributed by atoms with Gasteiger partial charge in [-0.25, -0.2) is 5.10 Å². The minimum atomic E-state index is -0.512. The summed E-state index contributed by atoms with van der Waals surface area (Å²) in [5.41, 5.74) is 1.31. The summed E-state index contributed by atoms with van der Waals surface area (Å²) in [6, 6.07) is 7.17. The SMILES string of the molecule is COc1cc(/C=C/c2n[nH]c(=O)c(C#N)c2C)ccc1OCC(=O)N1CCOCC1. The first kappa shape index (κ1) is 21.1. The Balaban J connectivity index is 1.71. The van der Waals surface area contributed by atoms with Gasteiger partial charge in [0.05, 0.1) is 26.0 Å². The Morgan fingerprint density at radius 3 is 2.80 bits per heavy atom. The number of carbonyl (C=O) groups excluding carboxylic acids is 1. The van der Waals surface area contributed by atoms with Crippen molar-refractivity contribution >= 4 is 18.1 Å². The minimum Gasteiger partial charge on any atom is -0.493 e. The number of aromatic amines is 1. The van der Waals surface area contributed by atoms with Crippen LogP contribution in [0, 0.1) is 18.3 Å². The van der Waals surface area contributed by atoms with Crippen molar-refractivity contribution in [1.29, 1.82) is 5.26 Å². The number of ether oxygens (including phenoxy) is 3. The number of rotatable bonds is 6. The van der Waals surface area contributed by atoms with E-state index in [2.05, 4.69) is 10.2 Å². The number of hydrogen-bond donors (Lipinski definition) is 1. The lowest BCUT2D eigenvalue weighted by molar-refractivity contribution is -0.137. The van der Waals surface area contributed by atoms with Crippen LogP contribution in [0.5, 0.6) is 11.5 Å². The van der Waals surface area contributed by atoms with Crippen molar-refractivity contribution in [2.24, 2.45) is 0 Å². The number of carbonyl (C=O) groups is 1. The number of nitrogens with zero attached hydrogens (tertiary/aromatic N) is 3. The van der Waals surface area contributed by atoms with Crippen LogP contribution < -0.4 is 15.0 Å². The van der Waals surface area contributed by atoms with Gasteiger partial charge in [-0.15, -0.1) is 0 Å². The molecule has 30 heavy (non-hydrogen) atoms. The molecule has 2 heterocycles. The number of methoxy groups -OCH3 is 1. The first-order valence-corrected chi connectivity index (χ1v) is 9.37. The van der Waals surface area contributed by atoms with Crippen LogP contribution in [0.3, 0.4) is 0 Å². The minimum absolute atomic E-state index is 0.0379. The number of amides is 1. The molecule has 0 radical (unpaired) electrons. The maximum absolute atomic E-state index is 12.2. The average Bonchev–Trinajstić information content (AvgIpc) is 2.78. The first-order valence-electron chi connectivity index (χ1n) is 9.37. The van der Waals surface area contributed by atoms with E-state index in [1.54, 1.807) is 42.2 Å². The molecule has 1 fully saturated rings. The third-order valence-electron chi connectivity index (χ3n) is 4.71. The second-order valence-electron chi connectivity index (χ2n) is 6.58. The summed E-state index contributed by atoms with van der Waals surface area (Å²) >= 11 is 0. The predicted molar refractivity (Wildman–Crippen MR) is 109 cm³/mol. The molecule has 156 valence electrons. The fourth-order valence-electron chi connectivity index (χ4n) is 2.97. The molecular formula is C21H22N4O5. The molecule has 1 saturated heterocycles. The van der Waals surface area contributed by atoms with Crippen molar-refractivity contribution in [1.82, 2.24) is 15.1 Å². The fourth-order valence-corrected chi connectivity index (χ4v) is 2.97. The van der Waals surface area contributed by atoms with Crippen molar-refractivity contribution in [2.45, 2.75) is 6.92 Å². The highest BCUT2D eigenvalue weighted by molar-refractivity contribution is 5.78. The highest BCUT2D eigenvalue weighted by Gasteiger charge is 2.18. The Kier molecular flexibility index (Phi) is 6.83. The summed E-state index contributed by atoms with van der Waals surface area (Å²) in [6.07, 6.45) is 3.48. The van der Waals surface area contributed by atoms with Crippen LogP contribution in [-0.2, 0) is 9.53 Å². The monoisotopic (exact) mass is 410 g/mol. The molecule has 0 atom stereocenters. The molecule has 3 rings (SSSR count). The number of H-pyrrole nitrogens is 1. The molecule has 1 amide bonds. The maximum atomic E-state index is 12.2. The van der Waals surface area contributed by atoms with E-state index in [1.165, 1.54) is 7.11 Å².